The van der Waals surface area contributed by atoms with Crippen molar-refractivity contribution in [3.05, 3.63) is 112 Å². The van der Waals surface area contributed by atoms with Gasteiger partial charge in [0.15, 0.2) is 0 Å². The van der Waals surface area contributed by atoms with E-state index < -0.39 is 0 Å². The van der Waals surface area contributed by atoms with Crippen LogP contribution >= 0.6 is 0 Å². The SMILES string of the molecule is Cc1ccc(Cn2c(=O)c3ccccc3n3c(CCC(=O)NCCc4ccccc4)nnc23)cc1. The average molecular weight is 466 g/mol. The molecule has 0 unspecified atom stereocenters. The molecule has 1 amide bonds. The molecule has 2 heterocycles. The number of aryl methyl sites for hydroxylation is 2. The Balaban J connectivity index is 1.39. The van der Waals surface area contributed by atoms with E-state index in [-0.39, 0.29) is 11.5 Å². The molecule has 0 aliphatic heterocycles. The molecule has 1 N–H and O–H groups in total. The van der Waals surface area contributed by atoms with E-state index in [1.54, 1.807) is 4.57 Å². The van der Waals surface area contributed by atoms with Gasteiger partial charge in [-0.25, -0.2) is 0 Å². The van der Waals surface area contributed by atoms with E-state index in [0.29, 0.717) is 42.9 Å². The van der Waals surface area contributed by atoms with E-state index in [2.05, 4.69) is 27.6 Å². The molecule has 3 aromatic carbocycles. The molecule has 0 fully saturated rings. The molecule has 0 bridgehead atoms. The van der Waals surface area contributed by atoms with E-state index in [1.165, 1.54) is 5.56 Å². The van der Waals surface area contributed by atoms with Crippen LogP contribution in [0.1, 0.15) is 28.9 Å². The lowest BCUT2D eigenvalue weighted by atomic mass is 10.1. The van der Waals surface area contributed by atoms with E-state index in [9.17, 15) is 9.59 Å². The number of para-hydroxylation sites is 1. The summed E-state index contributed by atoms with van der Waals surface area (Å²) in [6, 6.07) is 25.6. The van der Waals surface area contributed by atoms with Crippen molar-refractivity contribution in [2.75, 3.05) is 6.54 Å². The first-order chi connectivity index (χ1) is 17.1. The Morgan fingerprint density at radius 3 is 2.40 bits per heavy atom. The van der Waals surface area contributed by atoms with Gasteiger partial charge in [0, 0.05) is 19.4 Å². The first-order valence-corrected chi connectivity index (χ1v) is 11.8. The molecule has 5 rings (SSSR count). The van der Waals surface area contributed by atoms with E-state index in [4.69, 9.17) is 0 Å². The molecular formula is C28H27N5O2. The van der Waals surface area contributed by atoms with Gasteiger partial charge in [-0.15, -0.1) is 10.2 Å². The molecule has 0 spiro atoms. The van der Waals surface area contributed by atoms with Crippen LogP contribution in [-0.2, 0) is 24.2 Å². The van der Waals surface area contributed by atoms with Crippen LogP contribution in [0.15, 0.2) is 83.7 Å². The summed E-state index contributed by atoms with van der Waals surface area (Å²) in [4.78, 5) is 25.8. The van der Waals surface area contributed by atoms with Crippen LogP contribution in [0.4, 0.5) is 0 Å². The normalized spacial score (nSPS) is 11.2. The fraction of sp³-hybridized carbons (Fsp3) is 0.214. The van der Waals surface area contributed by atoms with Crippen molar-refractivity contribution in [2.24, 2.45) is 0 Å². The Morgan fingerprint density at radius 1 is 0.857 bits per heavy atom. The predicted octanol–water partition coefficient (Wildman–Crippen LogP) is 3.69. The molecule has 0 saturated heterocycles. The summed E-state index contributed by atoms with van der Waals surface area (Å²) in [5.41, 5.74) is 4.01. The third kappa shape index (κ3) is 4.84. The summed E-state index contributed by atoms with van der Waals surface area (Å²) < 4.78 is 3.56. The second kappa shape index (κ2) is 9.93. The zero-order chi connectivity index (χ0) is 24.2. The second-order valence-corrected chi connectivity index (χ2v) is 8.73. The Kier molecular flexibility index (Phi) is 6.39. The molecule has 7 heteroatoms. The van der Waals surface area contributed by atoms with Gasteiger partial charge in [0.2, 0.25) is 11.7 Å². The number of nitrogens with one attached hydrogen (secondary N) is 1. The highest BCUT2D eigenvalue weighted by Crippen LogP contribution is 2.17. The zero-order valence-corrected chi connectivity index (χ0v) is 19.6. The minimum absolute atomic E-state index is 0.0324. The summed E-state index contributed by atoms with van der Waals surface area (Å²) in [5.74, 6) is 1.11. The first-order valence-electron chi connectivity index (χ1n) is 11.8. The lowest BCUT2D eigenvalue weighted by Crippen LogP contribution is -2.26. The Bertz CT molecular complexity index is 1540. The third-order valence-corrected chi connectivity index (χ3v) is 6.19. The van der Waals surface area contributed by atoms with Crippen molar-refractivity contribution >= 4 is 22.6 Å². The van der Waals surface area contributed by atoms with Crippen LogP contribution in [0, 0.1) is 6.92 Å². The van der Waals surface area contributed by atoms with Crippen molar-refractivity contribution in [1.82, 2.24) is 24.5 Å². The van der Waals surface area contributed by atoms with Crippen LogP contribution in [0.25, 0.3) is 16.7 Å². The summed E-state index contributed by atoms with van der Waals surface area (Å²) in [7, 11) is 0. The smallest absolute Gasteiger partial charge is 0.263 e. The van der Waals surface area contributed by atoms with Crippen LogP contribution < -0.4 is 10.9 Å². The highest BCUT2D eigenvalue weighted by Gasteiger charge is 2.17. The molecule has 2 aromatic heterocycles. The highest BCUT2D eigenvalue weighted by atomic mass is 16.1. The number of hydrogen-bond acceptors (Lipinski definition) is 4. The molecule has 0 saturated carbocycles. The molecule has 0 aliphatic rings. The maximum atomic E-state index is 13.3. The van der Waals surface area contributed by atoms with Crippen molar-refractivity contribution in [2.45, 2.75) is 32.7 Å². The van der Waals surface area contributed by atoms with Gasteiger partial charge in [-0.2, -0.15) is 0 Å². The minimum Gasteiger partial charge on any atom is -0.356 e. The van der Waals surface area contributed by atoms with Crippen LogP contribution in [-0.4, -0.2) is 31.6 Å². The monoisotopic (exact) mass is 465 g/mol. The molecule has 0 radical (unpaired) electrons. The van der Waals surface area contributed by atoms with Gasteiger partial charge >= 0.3 is 0 Å². The fourth-order valence-corrected chi connectivity index (χ4v) is 4.30. The van der Waals surface area contributed by atoms with Crippen molar-refractivity contribution in [3.63, 3.8) is 0 Å². The number of rotatable bonds is 8. The van der Waals surface area contributed by atoms with Gasteiger partial charge in [-0.3, -0.25) is 18.6 Å². The van der Waals surface area contributed by atoms with Gasteiger partial charge < -0.3 is 5.32 Å². The number of benzene rings is 3. The molecule has 176 valence electrons. The summed E-state index contributed by atoms with van der Waals surface area (Å²) in [6.07, 6.45) is 1.50. The van der Waals surface area contributed by atoms with Gasteiger partial charge in [0.1, 0.15) is 5.82 Å². The van der Waals surface area contributed by atoms with Crippen LogP contribution in [0.5, 0.6) is 0 Å². The predicted molar refractivity (Wildman–Crippen MR) is 137 cm³/mol. The average Bonchev–Trinajstić information content (AvgIpc) is 3.31. The van der Waals surface area contributed by atoms with E-state index >= 15 is 0 Å². The third-order valence-electron chi connectivity index (χ3n) is 6.19. The van der Waals surface area contributed by atoms with Gasteiger partial charge in [0.05, 0.1) is 17.4 Å². The number of carbonyl (C=O) groups excluding carboxylic acids is 1. The topological polar surface area (TPSA) is 81.3 Å². The summed E-state index contributed by atoms with van der Waals surface area (Å²) >= 11 is 0. The van der Waals surface area contributed by atoms with E-state index in [0.717, 1.165) is 23.1 Å². The zero-order valence-electron chi connectivity index (χ0n) is 19.6. The molecule has 0 atom stereocenters. The fourth-order valence-electron chi connectivity index (χ4n) is 4.30. The molecular weight excluding hydrogens is 438 g/mol. The number of carbonyl (C=O) groups is 1. The molecule has 0 aliphatic carbocycles. The molecule has 5 aromatic rings. The quantitative estimate of drug-likeness (QED) is 0.379. The highest BCUT2D eigenvalue weighted by molar-refractivity contribution is 5.80. The Labute approximate surface area is 203 Å². The molecule has 35 heavy (non-hydrogen) atoms. The van der Waals surface area contributed by atoms with Crippen LogP contribution in [0.3, 0.4) is 0 Å². The maximum absolute atomic E-state index is 13.3. The standard InChI is InChI=1S/C28H27N5O2/c1-20-11-13-22(14-12-20)19-32-27(35)23-9-5-6-10-24(23)33-25(30-31-28(32)33)15-16-26(34)29-18-17-21-7-3-2-4-8-21/h2-14H,15-19H2,1H3,(H,29,34). The number of hydrogen-bond donors (Lipinski definition) is 1. The van der Waals surface area contributed by atoms with Crippen molar-refractivity contribution in [3.8, 4) is 0 Å². The second-order valence-electron chi connectivity index (χ2n) is 8.73. The lowest BCUT2D eigenvalue weighted by Gasteiger charge is -2.12. The summed E-state index contributed by atoms with van der Waals surface area (Å²) in [5, 5.41) is 12.3. The van der Waals surface area contributed by atoms with Gasteiger partial charge in [-0.1, -0.05) is 72.3 Å². The van der Waals surface area contributed by atoms with Gasteiger partial charge in [0.25, 0.3) is 5.56 Å². The van der Waals surface area contributed by atoms with E-state index in [1.807, 2.05) is 78.1 Å². The Hall–Kier alpha value is -4.26. The van der Waals surface area contributed by atoms with Crippen LogP contribution in [0.2, 0.25) is 0 Å². The maximum Gasteiger partial charge on any atom is 0.263 e. The minimum atomic E-state index is -0.105. The molecule has 7 nitrogen and oxygen atoms in total. The first kappa shape index (κ1) is 22.5. The van der Waals surface area contributed by atoms with Gasteiger partial charge in [-0.05, 0) is 36.6 Å². The largest absolute Gasteiger partial charge is 0.356 e. The number of nitrogens with zero attached hydrogens (tertiary/aromatic N) is 4. The van der Waals surface area contributed by atoms with Crippen molar-refractivity contribution < 1.29 is 4.79 Å². The van der Waals surface area contributed by atoms with Crippen molar-refractivity contribution in [1.29, 1.82) is 0 Å². The Morgan fingerprint density at radius 2 is 1.60 bits per heavy atom. The summed E-state index contributed by atoms with van der Waals surface area (Å²) in [6.45, 7) is 3.01. The number of amides is 1. The lowest BCUT2D eigenvalue weighted by molar-refractivity contribution is -0.121. The number of fused-ring (bicyclic) bond motifs is 3. The number of aromatic nitrogens is 4.